The number of halogens is 1. The molecule has 2 aromatic heterocycles. The van der Waals surface area contributed by atoms with Gasteiger partial charge >= 0.3 is 0 Å². The van der Waals surface area contributed by atoms with Gasteiger partial charge in [0.1, 0.15) is 5.82 Å². The van der Waals surface area contributed by atoms with Crippen molar-refractivity contribution in [1.29, 1.82) is 0 Å². The number of amides is 1. The second kappa shape index (κ2) is 5.13. The first-order valence-electron chi connectivity index (χ1n) is 6.18. The summed E-state index contributed by atoms with van der Waals surface area (Å²) >= 11 is 0. The highest BCUT2D eigenvalue weighted by Gasteiger charge is 2.08. The number of pyridine rings is 1. The largest absolute Gasteiger partial charge is 0.361 e. The summed E-state index contributed by atoms with van der Waals surface area (Å²) in [5.41, 5.74) is 1.70. The van der Waals surface area contributed by atoms with Crippen LogP contribution in [0, 0.1) is 5.82 Å². The van der Waals surface area contributed by atoms with E-state index in [1.54, 1.807) is 36.8 Å². The Balaban J connectivity index is 1.76. The van der Waals surface area contributed by atoms with Crippen LogP contribution < -0.4 is 5.32 Å². The standard InChI is InChI=1S/C15H12FN3O/c16-13-8-14-11(3-6-18-14)7-12(13)9-19-15(20)10-1-4-17-5-2-10/h1-8,18H,9H2,(H,19,20). The molecule has 1 amide bonds. The average Bonchev–Trinajstić information content (AvgIpc) is 2.92. The van der Waals surface area contributed by atoms with E-state index in [1.165, 1.54) is 6.07 Å². The van der Waals surface area contributed by atoms with Gasteiger partial charge in [0.05, 0.1) is 0 Å². The minimum atomic E-state index is -0.338. The van der Waals surface area contributed by atoms with Crippen LogP contribution in [0.25, 0.3) is 10.9 Å². The summed E-state index contributed by atoms with van der Waals surface area (Å²) in [5.74, 6) is -0.587. The van der Waals surface area contributed by atoms with E-state index >= 15 is 0 Å². The van der Waals surface area contributed by atoms with Gasteiger partial charge in [0.2, 0.25) is 0 Å². The van der Waals surface area contributed by atoms with Gasteiger partial charge in [-0.2, -0.15) is 0 Å². The third-order valence-corrected chi connectivity index (χ3v) is 3.10. The number of aromatic amines is 1. The highest BCUT2D eigenvalue weighted by molar-refractivity contribution is 5.94. The number of rotatable bonds is 3. The van der Waals surface area contributed by atoms with Crippen molar-refractivity contribution in [3.63, 3.8) is 0 Å². The van der Waals surface area contributed by atoms with Crippen molar-refractivity contribution in [2.24, 2.45) is 0 Å². The van der Waals surface area contributed by atoms with Crippen LogP contribution in [0.15, 0.2) is 48.9 Å². The molecular formula is C15H12FN3O. The van der Waals surface area contributed by atoms with Crippen LogP contribution in [0.5, 0.6) is 0 Å². The fourth-order valence-electron chi connectivity index (χ4n) is 2.04. The topological polar surface area (TPSA) is 57.8 Å². The third-order valence-electron chi connectivity index (χ3n) is 3.10. The van der Waals surface area contributed by atoms with Gasteiger partial charge in [-0.05, 0) is 35.7 Å². The number of aromatic nitrogens is 2. The SMILES string of the molecule is O=C(NCc1cc2cc[nH]c2cc1F)c1ccncc1. The number of fused-ring (bicyclic) bond motifs is 1. The first-order valence-corrected chi connectivity index (χ1v) is 6.18. The van der Waals surface area contributed by atoms with E-state index in [4.69, 9.17) is 0 Å². The molecule has 0 atom stereocenters. The number of carbonyl (C=O) groups excluding carboxylic acids is 1. The molecule has 1 aromatic carbocycles. The van der Waals surface area contributed by atoms with E-state index in [1.807, 2.05) is 6.07 Å². The fourth-order valence-corrected chi connectivity index (χ4v) is 2.04. The zero-order valence-electron chi connectivity index (χ0n) is 10.6. The Morgan fingerprint density at radius 1 is 1.25 bits per heavy atom. The Kier molecular flexibility index (Phi) is 3.16. The fraction of sp³-hybridized carbons (Fsp3) is 0.0667. The highest BCUT2D eigenvalue weighted by Crippen LogP contribution is 2.18. The Morgan fingerprint density at radius 3 is 2.85 bits per heavy atom. The molecule has 0 aliphatic heterocycles. The minimum Gasteiger partial charge on any atom is -0.361 e. The molecule has 0 aliphatic carbocycles. The molecule has 0 radical (unpaired) electrons. The lowest BCUT2D eigenvalue weighted by atomic mass is 10.1. The molecule has 2 heterocycles. The van der Waals surface area contributed by atoms with Gasteiger partial charge in [0.15, 0.2) is 0 Å². The van der Waals surface area contributed by atoms with Crippen LogP contribution in [0.2, 0.25) is 0 Å². The summed E-state index contributed by atoms with van der Waals surface area (Å²) in [6, 6.07) is 8.25. The van der Waals surface area contributed by atoms with E-state index in [0.717, 1.165) is 10.9 Å². The summed E-state index contributed by atoms with van der Waals surface area (Å²) in [7, 11) is 0. The quantitative estimate of drug-likeness (QED) is 0.768. The number of nitrogens with one attached hydrogen (secondary N) is 2. The number of carbonyl (C=O) groups is 1. The summed E-state index contributed by atoms with van der Waals surface area (Å²) in [5, 5.41) is 3.61. The number of nitrogens with zero attached hydrogens (tertiary/aromatic N) is 1. The minimum absolute atomic E-state index is 0.147. The molecule has 0 spiro atoms. The number of hydrogen-bond donors (Lipinski definition) is 2. The molecule has 0 saturated carbocycles. The lowest BCUT2D eigenvalue weighted by Gasteiger charge is -2.06. The maximum atomic E-state index is 13.9. The Hall–Kier alpha value is -2.69. The molecule has 3 rings (SSSR count). The van der Waals surface area contributed by atoms with Crippen LogP contribution in [0.4, 0.5) is 4.39 Å². The van der Waals surface area contributed by atoms with Crippen molar-refractivity contribution in [1.82, 2.24) is 15.3 Å². The van der Waals surface area contributed by atoms with Crippen molar-refractivity contribution in [2.45, 2.75) is 6.54 Å². The first kappa shape index (κ1) is 12.3. The maximum absolute atomic E-state index is 13.9. The monoisotopic (exact) mass is 269 g/mol. The van der Waals surface area contributed by atoms with Crippen molar-refractivity contribution in [3.8, 4) is 0 Å². The van der Waals surface area contributed by atoms with E-state index < -0.39 is 0 Å². The van der Waals surface area contributed by atoms with Gasteiger partial charge in [-0.1, -0.05) is 0 Å². The van der Waals surface area contributed by atoms with Crippen LogP contribution in [-0.2, 0) is 6.54 Å². The van der Waals surface area contributed by atoms with Crippen molar-refractivity contribution in [3.05, 3.63) is 65.9 Å². The lowest BCUT2D eigenvalue weighted by Crippen LogP contribution is -2.23. The lowest BCUT2D eigenvalue weighted by molar-refractivity contribution is 0.0950. The second-order valence-electron chi connectivity index (χ2n) is 4.43. The average molecular weight is 269 g/mol. The molecule has 2 N–H and O–H groups in total. The van der Waals surface area contributed by atoms with Crippen molar-refractivity contribution >= 4 is 16.8 Å². The zero-order valence-corrected chi connectivity index (χ0v) is 10.6. The van der Waals surface area contributed by atoms with Crippen molar-refractivity contribution in [2.75, 3.05) is 0 Å². The molecule has 100 valence electrons. The highest BCUT2D eigenvalue weighted by atomic mass is 19.1. The first-order chi connectivity index (χ1) is 9.74. The van der Waals surface area contributed by atoms with Gasteiger partial charge in [0, 0.05) is 41.8 Å². The number of H-pyrrole nitrogens is 1. The third kappa shape index (κ3) is 2.38. The number of hydrogen-bond acceptors (Lipinski definition) is 2. The predicted molar refractivity (Wildman–Crippen MR) is 73.7 cm³/mol. The van der Waals surface area contributed by atoms with Gasteiger partial charge in [-0.25, -0.2) is 4.39 Å². The summed E-state index contributed by atoms with van der Waals surface area (Å²) in [4.78, 5) is 18.7. The summed E-state index contributed by atoms with van der Waals surface area (Å²) in [6.45, 7) is 0.147. The van der Waals surface area contributed by atoms with E-state index in [9.17, 15) is 9.18 Å². The van der Waals surface area contributed by atoms with E-state index in [0.29, 0.717) is 11.1 Å². The van der Waals surface area contributed by atoms with Crippen LogP contribution in [-0.4, -0.2) is 15.9 Å². The second-order valence-corrected chi connectivity index (χ2v) is 4.43. The molecule has 4 nitrogen and oxygen atoms in total. The van der Waals surface area contributed by atoms with E-state index in [2.05, 4.69) is 15.3 Å². The zero-order chi connectivity index (χ0) is 13.9. The van der Waals surface area contributed by atoms with Crippen molar-refractivity contribution < 1.29 is 9.18 Å². The molecule has 3 aromatic rings. The summed E-state index contributed by atoms with van der Waals surface area (Å²) in [6.07, 6.45) is 4.84. The predicted octanol–water partition coefficient (Wildman–Crippen LogP) is 2.63. The van der Waals surface area contributed by atoms with Gasteiger partial charge < -0.3 is 10.3 Å². The molecule has 0 aliphatic rings. The molecule has 5 heteroatoms. The van der Waals surface area contributed by atoms with Gasteiger partial charge in [0.25, 0.3) is 5.91 Å². The smallest absolute Gasteiger partial charge is 0.251 e. The van der Waals surface area contributed by atoms with Gasteiger partial charge in [-0.3, -0.25) is 9.78 Å². The Morgan fingerprint density at radius 2 is 2.05 bits per heavy atom. The molecule has 0 bridgehead atoms. The van der Waals surface area contributed by atoms with Crippen LogP contribution in [0.3, 0.4) is 0 Å². The molecule has 0 saturated heterocycles. The molecule has 20 heavy (non-hydrogen) atoms. The van der Waals surface area contributed by atoms with Gasteiger partial charge in [-0.15, -0.1) is 0 Å². The van der Waals surface area contributed by atoms with Crippen LogP contribution in [0.1, 0.15) is 15.9 Å². The maximum Gasteiger partial charge on any atom is 0.251 e. The normalized spacial score (nSPS) is 10.7. The van der Waals surface area contributed by atoms with E-state index in [-0.39, 0.29) is 18.3 Å². The Bertz CT molecular complexity index is 752. The molecule has 0 fully saturated rings. The molecular weight excluding hydrogens is 257 g/mol. The Labute approximate surface area is 114 Å². The number of benzene rings is 1. The molecule has 0 unspecified atom stereocenters. The van der Waals surface area contributed by atoms with Crippen LogP contribution >= 0.6 is 0 Å². The summed E-state index contributed by atoms with van der Waals surface area (Å²) < 4.78 is 13.9.